The number of nitrogens with zero attached hydrogens (tertiary/aromatic N) is 6. The van der Waals surface area contributed by atoms with Crippen LogP contribution in [0.2, 0.25) is 0 Å². The van der Waals surface area contributed by atoms with Crippen molar-refractivity contribution in [1.82, 2.24) is 19.4 Å². The number of ether oxygens (including phenoxy) is 1. The van der Waals surface area contributed by atoms with Gasteiger partial charge >= 0.3 is 6.18 Å². The molecule has 236 valence electrons. The lowest BCUT2D eigenvalue weighted by Crippen LogP contribution is -2.55. The van der Waals surface area contributed by atoms with E-state index in [4.69, 9.17) is 4.74 Å². The zero-order valence-corrected chi connectivity index (χ0v) is 25.2. The standard InChI is InChI=1S/C30H35F4N7O3/c1-17-13-41(14-18(2)39(17)5)26-10-24(31)21(20-11-35-29(36-12-20)40-6-7-44-19(3)15-40)8-25(26)37-28(43)22-16-38(4)27(42)9-23(22)30(32,33)34/h8-12,16-19H,6-7,13-15H2,1-5H3,(H,37,43)/t17-,18+,19-/m0/s1. The summed E-state index contributed by atoms with van der Waals surface area (Å²) in [6, 6.07) is 3.21. The van der Waals surface area contributed by atoms with Crippen molar-refractivity contribution in [1.29, 1.82) is 0 Å². The number of aromatic nitrogens is 3. The topological polar surface area (TPSA) is 95.8 Å². The molecular formula is C30H35F4N7O3. The highest BCUT2D eigenvalue weighted by Crippen LogP contribution is 2.37. The van der Waals surface area contributed by atoms with Gasteiger partial charge in [-0.2, -0.15) is 13.2 Å². The van der Waals surface area contributed by atoms with Gasteiger partial charge in [0.2, 0.25) is 5.95 Å². The van der Waals surface area contributed by atoms with Crippen LogP contribution in [0.1, 0.15) is 36.7 Å². The maximum atomic E-state index is 15.8. The van der Waals surface area contributed by atoms with Crippen LogP contribution in [0.25, 0.3) is 11.1 Å². The predicted octanol–water partition coefficient (Wildman–Crippen LogP) is 4.01. The highest BCUT2D eigenvalue weighted by Gasteiger charge is 2.37. The second-order valence-electron chi connectivity index (χ2n) is 11.5. The van der Waals surface area contributed by atoms with Crippen LogP contribution in [0.15, 0.2) is 41.6 Å². The third-order valence-electron chi connectivity index (χ3n) is 8.29. The van der Waals surface area contributed by atoms with Gasteiger partial charge in [-0.3, -0.25) is 14.5 Å². The predicted molar refractivity (Wildman–Crippen MR) is 159 cm³/mol. The number of anilines is 3. The Morgan fingerprint density at radius 3 is 2.27 bits per heavy atom. The summed E-state index contributed by atoms with van der Waals surface area (Å²) in [6.07, 6.45) is -1.14. The first-order chi connectivity index (χ1) is 20.7. The molecule has 2 aliphatic rings. The van der Waals surface area contributed by atoms with Crippen molar-refractivity contribution in [2.45, 2.75) is 45.1 Å². The Bertz CT molecular complexity index is 1580. The first-order valence-electron chi connectivity index (χ1n) is 14.3. The second kappa shape index (κ2) is 12.2. The van der Waals surface area contributed by atoms with Gasteiger partial charge in [0.15, 0.2) is 0 Å². The van der Waals surface area contributed by atoms with Crippen molar-refractivity contribution in [3.63, 3.8) is 0 Å². The lowest BCUT2D eigenvalue weighted by Gasteiger charge is -2.44. The zero-order chi connectivity index (χ0) is 31.9. The number of aryl methyl sites for hydroxylation is 1. The molecule has 0 bridgehead atoms. The Balaban J connectivity index is 1.55. The second-order valence-corrected chi connectivity index (χ2v) is 11.5. The van der Waals surface area contributed by atoms with Crippen molar-refractivity contribution < 1.29 is 27.1 Å². The molecule has 5 rings (SSSR count). The van der Waals surface area contributed by atoms with Crippen molar-refractivity contribution >= 4 is 23.2 Å². The van der Waals surface area contributed by atoms with Crippen LogP contribution in [-0.4, -0.2) is 83.4 Å². The molecule has 1 amide bonds. The normalized spacial score (nSPS) is 21.4. The average Bonchev–Trinajstić information content (AvgIpc) is 2.97. The van der Waals surface area contributed by atoms with Gasteiger partial charge in [-0.15, -0.1) is 0 Å². The molecule has 0 saturated carbocycles. The number of alkyl halides is 3. The zero-order valence-electron chi connectivity index (χ0n) is 25.2. The molecule has 0 spiro atoms. The van der Waals surface area contributed by atoms with Crippen molar-refractivity contribution in [3.8, 4) is 11.1 Å². The summed E-state index contributed by atoms with van der Waals surface area (Å²) in [5, 5.41) is 2.59. The van der Waals surface area contributed by atoms with Gasteiger partial charge in [0, 0.05) is 81.1 Å². The number of morpholine rings is 1. The van der Waals surface area contributed by atoms with Crippen molar-refractivity contribution in [2.24, 2.45) is 7.05 Å². The quantitative estimate of drug-likeness (QED) is 0.430. The minimum atomic E-state index is -4.95. The highest BCUT2D eigenvalue weighted by molar-refractivity contribution is 6.07. The number of nitrogens with one attached hydrogen (secondary N) is 1. The van der Waals surface area contributed by atoms with Crippen LogP contribution < -0.4 is 20.7 Å². The molecule has 10 nitrogen and oxygen atoms in total. The van der Waals surface area contributed by atoms with Crippen molar-refractivity contribution in [2.75, 3.05) is 55.0 Å². The maximum absolute atomic E-state index is 15.8. The summed E-state index contributed by atoms with van der Waals surface area (Å²) in [4.78, 5) is 40.3. The van der Waals surface area contributed by atoms with Gasteiger partial charge < -0.3 is 24.4 Å². The SMILES string of the molecule is C[C@@H]1CN(c2cc(F)c(-c3cnc(N4CCO[C@@H](C)C4)nc3)cc2NC(=O)c2cn(C)c(=O)cc2C(F)(F)F)C[C@H](C)N1C. The molecule has 2 fully saturated rings. The molecule has 2 aliphatic heterocycles. The molecule has 1 aromatic carbocycles. The van der Waals surface area contributed by atoms with Gasteiger partial charge in [0.25, 0.3) is 11.5 Å². The highest BCUT2D eigenvalue weighted by atomic mass is 19.4. The number of carbonyl (C=O) groups excluding carboxylic acids is 1. The number of hydrogen-bond donors (Lipinski definition) is 1. The monoisotopic (exact) mass is 617 g/mol. The fraction of sp³-hybridized carbons (Fsp3) is 0.467. The number of hydrogen-bond acceptors (Lipinski definition) is 8. The molecule has 2 saturated heterocycles. The Labute approximate surface area is 252 Å². The van der Waals surface area contributed by atoms with Crippen LogP contribution in [0.5, 0.6) is 0 Å². The summed E-state index contributed by atoms with van der Waals surface area (Å²) in [5.41, 5.74) is -2.17. The molecule has 3 aromatic rings. The van der Waals surface area contributed by atoms with Crippen molar-refractivity contribution in [3.05, 3.63) is 64.1 Å². The molecule has 2 aromatic heterocycles. The molecule has 1 N–H and O–H groups in total. The van der Waals surface area contributed by atoms with E-state index in [1.165, 1.54) is 31.6 Å². The van der Waals surface area contributed by atoms with E-state index in [1.54, 1.807) is 0 Å². The Hall–Kier alpha value is -4.04. The maximum Gasteiger partial charge on any atom is 0.417 e. The lowest BCUT2D eigenvalue weighted by molar-refractivity contribution is -0.138. The van der Waals surface area contributed by atoms with Gasteiger partial charge in [-0.05, 0) is 40.0 Å². The van der Waals surface area contributed by atoms with E-state index in [0.717, 1.165) is 10.8 Å². The van der Waals surface area contributed by atoms with Gasteiger partial charge in [-0.25, -0.2) is 14.4 Å². The fourth-order valence-corrected chi connectivity index (χ4v) is 5.61. The van der Waals surface area contributed by atoms with Crippen LogP contribution in [0.3, 0.4) is 0 Å². The van der Waals surface area contributed by atoms with Gasteiger partial charge in [-0.1, -0.05) is 0 Å². The molecule has 44 heavy (non-hydrogen) atoms. The van der Waals surface area contributed by atoms with Crippen LogP contribution in [-0.2, 0) is 18.0 Å². The number of pyridine rings is 1. The summed E-state index contributed by atoms with van der Waals surface area (Å²) in [5.74, 6) is -1.23. The summed E-state index contributed by atoms with van der Waals surface area (Å²) in [7, 11) is 3.24. The Morgan fingerprint density at radius 2 is 1.66 bits per heavy atom. The summed E-state index contributed by atoms with van der Waals surface area (Å²) >= 11 is 0. The van der Waals surface area contributed by atoms with E-state index in [1.807, 2.05) is 37.6 Å². The number of halogens is 4. The number of amides is 1. The third-order valence-corrected chi connectivity index (χ3v) is 8.29. The van der Waals surface area contributed by atoms with E-state index in [2.05, 4.69) is 20.2 Å². The van der Waals surface area contributed by atoms with E-state index in [0.29, 0.717) is 56.1 Å². The number of benzene rings is 1. The largest absolute Gasteiger partial charge is 0.417 e. The molecular weight excluding hydrogens is 582 g/mol. The smallest absolute Gasteiger partial charge is 0.375 e. The minimum Gasteiger partial charge on any atom is -0.375 e. The summed E-state index contributed by atoms with van der Waals surface area (Å²) < 4.78 is 63.9. The molecule has 14 heteroatoms. The molecule has 0 radical (unpaired) electrons. The molecule has 4 heterocycles. The van der Waals surface area contributed by atoms with Crippen LogP contribution >= 0.6 is 0 Å². The molecule has 3 atom stereocenters. The van der Waals surface area contributed by atoms with E-state index < -0.39 is 34.6 Å². The van der Waals surface area contributed by atoms with Crippen LogP contribution in [0, 0.1) is 5.82 Å². The van der Waals surface area contributed by atoms with E-state index in [-0.39, 0.29) is 29.4 Å². The lowest BCUT2D eigenvalue weighted by atomic mass is 10.0. The van der Waals surface area contributed by atoms with E-state index in [9.17, 15) is 22.8 Å². The third kappa shape index (κ3) is 6.41. The average molecular weight is 618 g/mol. The minimum absolute atomic E-state index is 0.00749. The van der Waals surface area contributed by atoms with E-state index >= 15 is 4.39 Å². The number of rotatable bonds is 5. The Kier molecular flexibility index (Phi) is 8.67. The first-order valence-corrected chi connectivity index (χ1v) is 14.3. The van der Waals surface area contributed by atoms with Gasteiger partial charge in [0.1, 0.15) is 5.82 Å². The Morgan fingerprint density at radius 1 is 1.00 bits per heavy atom. The number of carbonyl (C=O) groups is 1. The number of likely N-dealkylation sites (N-methyl/N-ethyl adjacent to an activating group) is 1. The van der Waals surface area contributed by atoms with Crippen LogP contribution in [0.4, 0.5) is 34.9 Å². The molecule has 0 unspecified atom stereocenters. The van der Waals surface area contributed by atoms with Gasteiger partial charge in [0.05, 0.1) is 35.2 Å². The fourth-order valence-electron chi connectivity index (χ4n) is 5.61. The first kappa shape index (κ1) is 31.4. The molecule has 0 aliphatic carbocycles. The summed E-state index contributed by atoms with van der Waals surface area (Å²) in [6.45, 7) is 8.70. The number of piperazine rings is 1.